The highest BCUT2D eigenvalue weighted by molar-refractivity contribution is 5.98. The number of hydrogen-bond donors (Lipinski definition) is 1. The van der Waals surface area contributed by atoms with E-state index in [4.69, 9.17) is 4.74 Å². The van der Waals surface area contributed by atoms with Crippen LogP contribution in [-0.4, -0.2) is 76.2 Å². The Hall–Kier alpha value is -3.20. The van der Waals surface area contributed by atoms with E-state index in [1.807, 2.05) is 37.3 Å². The molecular formula is C25H33N5O4. The number of aromatic nitrogens is 2. The van der Waals surface area contributed by atoms with Gasteiger partial charge < -0.3 is 19.9 Å². The monoisotopic (exact) mass is 467 g/mol. The Bertz CT molecular complexity index is 1000. The van der Waals surface area contributed by atoms with Crippen molar-refractivity contribution in [3.63, 3.8) is 0 Å². The number of carbonyl (C=O) groups excluding carboxylic acids is 3. The Morgan fingerprint density at radius 2 is 2.03 bits per heavy atom. The van der Waals surface area contributed by atoms with Gasteiger partial charge in [0.25, 0.3) is 11.8 Å². The number of nitrogens with one attached hydrogen (secondary N) is 1. The van der Waals surface area contributed by atoms with Crippen LogP contribution in [0.3, 0.4) is 0 Å². The summed E-state index contributed by atoms with van der Waals surface area (Å²) in [6, 6.07) is 11.5. The van der Waals surface area contributed by atoms with Crippen molar-refractivity contribution in [2.45, 2.75) is 51.8 Å². The molecule has 2 aliphatic rings. The van der Waals surface area contributed by atoms with Gasteiger partial charge in [0.05, 0.1) is 6.10 Å². The zero-order valence-corrected chi connectivity index (χ0v) is 19.7. The normalized spacial score (nSPS) is 17.9. The summed E-state index contributed by atoms with van der Waals surface area (Å²) in [5, 5.41) is 7.34. The summed E-state index contributed by atoms with van der Waals surface area (Å²) in [6.07, 6.45) is 3.06. The maximum atomic E-state index is 13.2. The number of carbonyl (C=O) groups is 3. The quantitative estimate of drug-likeness (QED) is 0.609. The second-order valence-electron chi connectivity index (χ2n) is 8.78. The van der Waals surface area contributed by atoms with Gasteiger partial charge in [0, 0.05) is 58.4 Å². The van der Waals surface area contributed by atoms with Crippen LogP contribution >= 0.6 is 0 Å². The Morgan fingerprint density at radius 1 is 1.21 bits per heavy atom. The molecule has 1 unspecified atom stereocenters. The number of fused-ring (bicyclic) bond motifs is 1. The van der Waals surface area contributed by atoms with Crippen LogP contribution in [0.2, 0.25) is 0 Å². The molecule has 182 valence electrons. The van der Waals surface area contributed by atoms with Crippen LogP contribution in [0, 0.1) is 0 Å². The molecule has 34 heavy (non-hydrogen) atoms. The predicted octanol–water partition coefficient (Wildman–Crippen LogP) is 2.08. The molecule has 0 aliphatic carbocycles. The van der Waals surface area contributed by atoms with Crippen molar-refractivity contribution in [1.82, 2.24) is 24.9 Å². The molecule has 1 aromatic heterocycles. The minimum absolute atomic E-state index is 0.0906. The molecule has 9 heteroatoms. The lowest BCUT2D eigenvalue weighted by Crippen LogP contribution is -2.37. The molecule has 0 spiro atoms. The lowest BCUT2D eigenvalue weighted by Gasteiger charge is -2.20. The largest absolute Gasteiger partial charge is 0.376 e. The summed E-state index contributed by atoms with van der Waals surface area (Å²) in [4.78, 5) is 41.9. The Morgan fingerprint density at radius 3 is 2.76 bits per heavy atom. The topological polar surface area (TPSA) is 96.8 Å². The van der Waals surface area contributed by atoms with Crippen molar-refractivity contribution in [3.8, 4) is 0 Å². The van der Waals surface area contributed by atoms with Crippen LogP contribution in [0.4, 0.5) is 0 Å². The van der Waals surface area contributed by atoms with E-state index in [1.165, 1.54) is 0 Å². The van der Waals surface area contributed by atoms with Gasteiger partial charge in [0.1, 0.15) is 5.69 Å². The number of ether oxygens (including phenoxy) is 1. The third-order valence-electron chi connectivity index (χ3n) is 6.35. The minimum atomic E-state index is -0.266. The molecule has 3 heterocycles. The zero-order valence-electron chi connectivity index (χ0n) is 19.7. The van der Waals surface area contributed by atoms with Crippen molar-refractivity contribution in [1.29, 1.82) is 0 Å². The number of benzene rings is 1. The first-order valence-electron chi connectivity index (χ1n) is 12.1. The van der Waals surface area contributed by atoms with Gasteiger partial charge in [0.2, 0.25) is 5.91 Å². The van der Waals surface area contributed by atoms with Crippen molar-refractivity contribution >= 4 is 17.7 Å². The molecule has 0 saturated carbocycles. The third kappa shape index (κ3) is 5.83. The Labute approximate surface area is 200 Å². The van der Waals surface area contributed by atoms with Crippen LogP contribution in [0.25, 0.3) is 0 Å². The third-order valence-corrected chi connectivity index (χ3v) is 6.35. The Kier molecular flexibility index (Phi) is 7.95. The summed E-state index contributed by atoms with van der Waals surface area (Å²) in [7, 11) is 0. The first kappa shape index (κ1) is 23.9. The van der Waals surface area contributed by atoms with Gasteiger partial charge in [-0.2, -0.15) is 5.10 Å². The summed E-state index contributed by atoms with van der Waals surface area (Å²) >= 11 is 0. The van der Waals surface area contributed by atoms with Crippen LogP contribution in [0.5, 0.6) is 0 Å². The van der Waals surface area contributed by atoms with Crippen LogP contribution in [0.1, 0.15) is 59.1 Å². The molecular weight excluding hydrogens is 434 g/mol. The summed E-state index contributed by atoms with van der Waals surface area (Å²) in [6.45, 7) is 5.62. The maximum absolute atomic E-state index is 13.2. The molecule has 1 N–H and O–H groups in total. The van der Waals surface area contributed by atoms with E-state index in [1.54, 1.807) is 20.5 Å². The molecule has 9 nitrogen and oxygen atoms in total. The summed E-state index contributed by atoms with van der Waals surface area (Å²) < 4.78 is 7.17. The number of rotatable bonds is 9. The summed E-state index contributed by atoms with van der Waals surface area (Å²) in [5.41, 5.74) is 1.74. The fraction of sp³-hybridized carbons (Fsp3) is 0.520. The van der Waals surface area contributed by atoms with Gasteiger partial charge in [-0.05, 0) is 31.7 Å². The van der Waals surface area contributed by atoms with Crippen LogP contribution < -0.4 is 5.32 Å². The second kappa shape index (κ2) is 11.3. The van der Waals surface area contributed by atoms with Gasteiger partial charge in [-0.15, -0.1) is 0 Å². The standard InChI is InChI=1S/C25H33N5O4/c1-2-28(14-11-23(31)26-17-20-10-6-15-34-20)24(32)21-16-22-25(33)29(12-7-13-30(22)27-21)18-19-8-4-3-5-9-19/h3-5,8-9,16,20H,2,6-7,10-15,17-18H2,1H3,(H,26,31). The van der Waals surface area contributed by atoms with Gasteiger partial charge in [0.15, 0.2) is 5.69 Å². The van der Waals surface area contributed by atoms with E-state index in [9.17, 15) is 14.4 Å². The lowest BCUT2D eigenvalue weighted by atomic mass is 10.2. The van der Waals surface area contributed by atoms with Crippen molar-refractivity contribution < 1.29 is 19.1 Å². The molecule has 1 saturated heterocycles. The smallest absolute Gasteiger partial charge is 0.274 e. The number of aryl methyl sites for hydroxylation is 1. The average Bonchev–Trinajstić information content (AvgIpc) is 3.50. The summed E-state index contributed by atoms with van der Waals surface area (Å²) in [5.74, 6) is -0.490. The number of hydrogen-bond acceptors (Lipinski definition) is 5. The van der Waals surface area contributed by atoms with E-state index < -0.39 is 0 Å². The van der Waals surface area contributed by atoms with Crippen LogP contribution in [0.15, 0.2) is 36.4 Å². The van der Waals surface area contributed by atoms with Gasteiger partial charge in [-0.3, -0.25) is 19.1 Å². The molecule has 2 aromatic rings. The molecule has 1 aromatic carbocycles. The molecule has 4 rings (SSSR count). The molecule has 3 amide bonds. The number of nitrogens with zero attached hydrogens (tertiary/aromatic N) is 4. The zero-order chi connectivity index (χ0) is 23.9. The highest BCUT2D eigenvalue weighted by Gasteiger charge is 2.28. The van der Waals surface area contributed by atoms with E-state index in [0.717, 1.165) is 31.4 Å². The highest BCUT2D eigenvalue weighted by atomic mass is 16.5. The van der Waals surface area contributed by atoms with Gasteiger partial charge in [-0.25, -0.2) is 0 Å². The first-order valence-corrected chi connectivity index (χ1v) is 12.1. The average molecular weight is 468 g/mol. The SMILES string of the molecule is CCN(CCC(=O)NCC1CCCO1)C(=O)c1cc2n(n1)CCCN(Cc1ccccc1)C2=O. The molecule has 2 aliphatic heterocycles. The molecule has 1 atom stereocenters. The van der Waals surface area contributed by atoms with Gasteiger partial charge in [-0.1, -0.05) is 30.3 Å². The number of amides is 3. The van der Waals surface area contributed by atoms with E-state index >= 15 is 0 Å². The minimum Gasteiger partial charge on any atom is -0.376 e. The lowest BCUT2D eigenvalue weighted by molar-refractivity contribution is -0.121. The first-order chi connectivity index (χ1) is 16.5. The second-order valence-corrected chi connectivity index (χ2v) is 8.78. The maximum Gasteiger partial charge on any atom is 0.274 e. The van der Waals surface area contributed by atoms with E-state index in [-0.39, 0.29) is 35.9 Å². The Balaban J connectivity index is 1.36. The van der Waals surface area contributed by atoms with Crippen LogP contribution in [-0.2, 0) is 22.6 Å². The molecule has 1 fully saturated rings. The van der Waals surface area contributed by atoms with E-state index in [0.29, 0.717) is 45.0 Å². The molecule has 0 radical (unpaired) electrons. The van der Waals surface area contributed by atoms with Crippen molar-refractivity contribution in [2.24, 2.45) is 0 Å². The van der Waals surface area contributed by atoms with Gasteiger partial charge >= 0.3 is 0 Å². The highest BCUT2D eigenvalue weighted by Crippen LogP contribution is 2.18. The van der Waals surface area contributed by atoms with E-state index in [2.05, 4.69) is 10.4 Å². The molecule has 0 bridgehead atoms. The predicted molar refractivity (Wildman–Crippen MR) is 126 cm³/mol. The van der Waals surface area contributed by atoms with Crippen molar-refractivity contribution in [3.05, 3.63) is 53.3 Å². The fourth-order valence-corrected chi connectivity index (χ4v) is 4.42. The van der Waals surface area contributed by atoms with Crippen molar-refractivity contribution in [2.75, 3.05) is 32.8 Å². The fourth-order valence-electron chi connectivity index (χ4n) is 4.42.